The highest BCUT2D eigenvalue weighted by Crippen LogP contribution is 2.24. The van der Waals surface area contributed by atoms with Crippen LogP contribution in [0.4, 0.5) is 0 Å². The second kappa shape index (κ2) is 6.73. The molecule has 0 saturated heterocycles. The van der Waals surface area contributed by atoms with Gasteiger partial charge in [0.15, 0.2) is 0 Å². The highest BCUT2D eigenvalue weighted by molar-refractivity contribution is 5.87. The fourth-order valence-corrected chi connectivity index (χ4v) is 2.21. The van der Waals surface area contributed by atoms with Crippen molar-refractivity contribution in [2.24, 2.45) is 17.6 Å². The molecule has 2 amide bonds. The van der Waals surface area contributed by atoms with Gasteiger partial charge in [0.25, 0.3) is 0 Å². The quantitative estimate of drug-likeness (QED) is 0.664. The minimum Gasteiger partial charge on any atom is -0.352 e. The smallest absolute Gasteiger partial charge is 0.239 e. The summed E-state index contributed by atoms with van der Waals surface area (Å²) in [5.41, 5.74) is 5.69. The molecule has 1 rings (SSSR count). The molecule has 3 atom stereocenters. The van der Waals surface area contributed by atoms with Crippen LogP contribution in [0, 0.1) is 11.8 Å². The van der Waals surface area contributed by atoms with E-state index in [1.165, 1.54) is 0 Å². The Balaban J connectivity index is 2.26. The number of carbonyl (C=O) groups excluding carboxylic acids is 2. The molecule has 4 N–H and O–H groups in total. The van der Waals surface area contributed by atoms with Gasteiger partial charge < -0.3 is 16.4 Å². The fraction of sp³-hybridized carbons (Fsp3) is 0.846. The van der Waals surface area contributed by atoms with E-state index >= 15 is 0 Å². The number of hydrogen-bond acceptors (Lipinski definition) is 3. The van der Waals surface area contributed by atoms with Crippen LogP contribution in [-0.4, -0.2) is 30.4 Å². The van der Waals surface area contributed by atoms with Crippen molar-refractivity contribution in [3.05, 3.63) is 0 Å². The van der Waals surface area contributed by atoms with Gasteiger partial charge in [0.2, 0.25) is 11.8 Å². The Bertz CT molecular complexity index is 305. The fourth-order valence-electron chi connectivity index (χ4n) is 2.21. The van der Waals surface area contributed by atoms with Crippen LogP contribution in [0.3, 0.4) is 0 Å². The average Bonchev–Trinajstić information content (AvgIpc) is 2.70. The number of nitrogens with one attached hydrogen (secondary N) is 2. The van der Waals surface area contributed by atoms with Gasteiger partial charge in [-0.15, -0.1) is 0 Å². The summed E-state index contributed by atoms with van der Waals surface area (Å²) in [5, 5.41) is 5.53. The molecule has 5 heteroatoms. The first-order valence-electron chi connectivity index (χ1n) is 6.74. The number of nitrogens with two attached hydrogens (primary N) is 1. The van der Waals surface area contributed by atoms with Gasteiger partial charge in [0, 0.05) is 6.04 Å². The van der Waals surface area contributed by atoms with Gasteiger partial charge >= 0.3 is 0 Å². The maximum absolute atomic E-state index is 11.7. The molecule has 1 aliphatic rings. The summed E-state index contributed by atoms with van der Waals surface area (Å²) in [6.07, 6.45) is 3.36. The molecule has 0 heterocycles. The van der Waals surface area contributed by atoms with E-state index in [-0.39, 0.29) is 30.3 Å². The van der Waals surface area contributed by atoms with Gasteiger partial charge in [-0.2, -0.15) is 0 Å². The van der Waals surface area contributed by atoms with Crippen molar-refractivity contribution in [2.75, 3.05) is 6.54 Å². The molecular formula is C13H25N3O2. The van der Waals surface area contributed by atoms with Gasteiger partial charge in [-0.05, 0) is 24.7 Å². The van der Waals surface area contributed by atoms with Crippen molar-refractivity contribution < 1.29 is 9.59 Å². The van der Waals surface area contributed by atoms with Gasteiger partial charge in [0.1, 0.15) is 0 Å². The first kappa shape index (κ1) is 15.0. The Morgan fingerprint density at radius 2 is 2.00 bits per heavy atom. The van der Waals surface area contributed by atoms with Gasteiger partial charge in [0.05, 0.1) is 12.6 Å². The van der Waals surface area contributed by atoms with E-state index in [2.05, 4.69) is 17.6 Å². The molecular weight excluding hydrogens is 230 g/mol. The summed E-state index contributed by atoms with van der Waals surface area (Å²) >= 11 is 0. The van der Waals surface area contributed by atoms with Crippen molar-refractivity contribution in [3.63, 3.8) is 0 Å². The Morgan fingerprint density at radius 1 is 1.33 bits per heavy atom. The first-order chi connectivity index (χ1) is 8.41. The summed E-state index contributed by atoms with van der Waals surface area (Å²) in [6.45, 7) is 5.92. The molecule has 104 valence electrons. The first-order valence-corrected chi connectivity index (χ1v) is 6.74. The normalized spacial score (nSPS) is 24.9. The summed E-state index contributed by atoms with van der Waals surface area (Å²) in [5.74, 6) is 0.211. The van der Waals surface area contributed by atoms with E-state index in [9.17, 15) is 9.59 Å². The number of rotatable bonds is 5. The van der Waals surface area contributed by atoms with Crippen LogP contribution in [0.25, 0.3) is 0 Å². The third kappa shape index (κ3) is 4.29. The zero-order valence-electron chi connectivity index (χ0n) is 11.5. The Morgan fingerprint density at radius 3 is 2.50 bits per heavy atom. The minimum atomic E-state index is -0.553. The minimum absolute atomic E-state index is 0.0163. The molecule has 0 bridgehead atoms. The second-order valence-corrected chi connectivity index (χ2v) is 5.57. The summed E-state index contributed by atoms with van der Waals surface area (Å²) in [7, 11) is 0. The Kier molecular flexibility index (Phi) is 5.59. The number of hydrogen-bond donors (Lipinski definition) is 3. The largest absolute Gasteiger partial charge is 0.352 e. The lowest BCUT2D eigenvalue weighted by atomic mass is 10.1. The molecule has 18 heavy (non-hydrogen) atoms. The van der Waals surface area contributed by atoms with E-state index in [1.54, 1.807) is 0 Å². The van der Waals surface area contributed by atoms with Gasteiger partial charge in [-0.3, -0.25) is 9.59 Å². The third-order valence-electron chi connectivity index (χ3n) is 3.65. The van der Waals surface area contributed by atoms with E-state index in [0.29, 0.717) is 5.92 Å². The zero-order valence-corrected chi connectivity index (χ0v) is 11.5. The van der Waals surface area contributed by atoms with E-state index < -0.39 is 6.04 Å². The molecule has 0 aromatic rings. The Labute approximate surface area is 109 Å². The van der Waals surface area contributed by atoms with Crippen molar-refractivity contribution in [1.82, 2.24) is 10.6 Å². The molecule has 1 fully saturated rings. The maximum Gasteiger partial charge on any atom is 0.239 e. The van der Waals surface area contributed by atoms with Crippen LogP contribution in [0.1, 0.15) is 40.0 Å². The maximum atomic E-state index is 11.7. The standard InChI is InChI=1S/C13H25N3O2/c1-8(2)12(14)13(18)15-7-11(17)16-10-6-4-5-9(10)3/h8-10,12H,4-7,14H2,1-3H3,(H,15,18)(H,16,17)/t9?,10?,12-/m0/s1. The molecule has 0 spiro atoms. The zero-order chi connectivity index (χ0) is 13.7. The van der Waals surface area contributed by atoms with Crippen LogP contribution >= 0.6 is 0 Å². The van der Waals surface area contributed by atoms with E-state index in [0.717, 1.165) is 19.3 Å². The average molecular weight is 255 g/mol. The molecule has 5 nitrogen and oxygen atoms in total. The molecule has 0 radical (unpaired) electrons. The van der Waals surface area contributed by atoms with Crippen molar-refractivity contribution in [1.29, 1.82) is 0 Å². The van der Waals surface area contributed by atoms with Crippen LogP contribution in [0.15, 0.2) is 0 Å². The summed E-state index contributed by atoms with van der Waals surface area (Å²) < 4.78 is 0. The predicted octanol–water partition coefficient (Wildman–Crippen LogP) is 0.391. The number of carbonyl (C=O) groups is 2. The van der Waals surface area contributed by atoms with E-state index in [1.807, 2.05) is 13.8 Å². The highest BCUT2D eigenvalue weighted by Gasteiger charge is 2.25. The molecule has 1 aliphatic carbocycles. The SMILES string of the molecule is CC1CCCC1NC(=O)CNC(=O)[C@@H](N)C(C)C. The Hall–Kier alpha value is -1.10. The van der Waals surface area contributed by atoms with Gasteiger partial charge in [-0.1, -0.05) is 27.2 Å². The summed E-state index contributed by atoms with van der Waals surface area (Å²) in [6, 6.07) is -0.295. The third-order valence-corrected chi connectivity index (χ3v) is 3.65. The van der Waals surface area contributed by atoms with Crippen LogP contribution in [-0.2, 0) is 9.59 Å². The highest BCUT2D eigenvalue weighted by atomic mass is 16.2. The van der Waals surface area contributed by atoms with Crippen molar-refractivity contribution in [3.8, 4) is 0 Å². The van der Waals surface area contributed by atoms with Crippen LogP contribution in [0.5, 0.6) is 0 Å². The summed E-state index contributed by atoms with van der Waals surface area (Å²) in [4.78, 5) is 23.2. The van der Waals surface area contributed by atoms with Crippen molar-refractivity contribution >= 4 is 11.8 Å². The topological polar surface area (TPSA) is 84.2 Å². The lowest BCUT2D eigenvalue weighted by Crippen LogP contribution is -2.48. The lowest BCUT2D eigenvalue weighted by molar-refractivity contribution is -0.127. The van der Waals surface area contributed by atoms with Crippen LogP contribution < -0.4 is 16.4 Å². The predicted molar refractivity (Wildman–Crippen MR) is 70.8 cm³/mol. The molecule has 1 saturated carbocycles. The second-order valence-electron chi connectivity index (χ2n) is 5.57. The molecule has 0 aromatic carbocycles. The monoisotopic (exact) mass is 255 g/mol. The van der Waals surface area contributed by atoms with Crippen LogP contribution in [0.2, 0.25) is 0 Å². The van der Waals surface area contributed by atoms with Crippen molar-refractivity contribution in [2.45, 2.75) is 52.1 Å². The molecule has 2 unspecified atom stereocenters. The lowest BCUT2D eigenvalue weighted by Gasteiger charge is -2.18. The van der Waals surface area contributed by atoms with E-state index in [4.69, 9.17) is 5.73 Å². The molecule has 0 aromatic heterocycles. The number of amides is 2. The molecule has 0 aliphatic heterocycles. The van der Waals surface area contributed by atoms with Gasteiger partial charge in [-0.25, -0.2) is 0 Å².